The molecule has 2 heterocycles. The van der Waals surface area contributed by atoms with Crippen molar-refractivity contribution in [1.29, 1.82) is 0 Å². The lowest BCUT2D eigenvalue weighted by Gasteiger charge is -2.38. The number of carboxylic acid groups (broad SMARTS) is 1. The molecule has 2 unspecified atom stereocenters. The summed E-state index contributed by atoms with van der Waals surface area (Å²) in [5.74, 6) is -0.857. The highest BCUT2D eigenvalue weighted by Crippen LogP contribution is 2.24. The minimum Gasteiger partial charge on any atom is -0.480 e. The Bertz CT molecular complexity index is 412. The van der Waals surface area contributed by atoms with E-state index in [1.165, 1.54) is 9.80 Å². The van der Waals surface area contributed by atoms with E-state index in [-0.39, 0.29) is 18.5 Å². The van der Waals surface area contributed by atoms with Crippen LogP contribution in [0.4, 0.5) is 4.79 Å². The number of carbonyl (C=O) groups is 3. The number of aliphatic carboxylic acids is 1. The summed E-state index contributed by atoms with van der Waals surface area (Å²) >= 11 is 0. The molecule has 7 nitrogen and oxygen atoms in total. The van der Waals surface area contributed by atoms with Crippen LogP contribution in [0, 0.1) is 5.92 Å². The van der Waals surface area contributed by atoms with Crippen LogP contribution in [-0.2, 0) is 9.59 Å². The Morgan fingerprint density at radius 3 is 2.80 bits per heavy atom. The number of carboxylic acids is 1. The normalized spacial score (nSPS) is 27.8. The first-order valence-corrected chi connectivity index (χ1v) is 7.04. The van der Waals surface area contributed by atoms with Crippen LogP contribution in [0.5, 0.6) is 0 Å². The van der Waals surface area contributed by atoms with Crippen molar-refractivity contribution in [1.82, 2.24) is 15.1 Å². The molecule has 112 valence electrons. The number of rotatable bonds is 1. The summed E-state index contributed by atoms with van der Waals surface area (Å²) in [6.07, 6.45) is 1.97. The number of nitrogens with one attached hydrogen (secondary N) is 1. The van der Waals surface area contributed by atoms with E-state index in [1.54, 1.807) is 0 Å². The highest BCUT2D eigenvalue weighted by molar-refractivity contribution is 5.87. The number of urea groups is 1. The maximum atomic E-state index is 12.5. The van der Waals surface area contributed by atoms with Gasteiger partial charge in [-0.2, -0.15) is 0 Å². The molecule has 2 N–H and O–H groups in total. The van der Waals surface area contributed by atoms with E-state index < -0.39 is 12.0 Å². The summed E-state index contributed by atoms with van der Waals surface area (Å²) in [7, 11) is 0. The number of amides is 3. The molecule has 0 aromatic rings. The van der Waals surface area contributed by atoms with Gasteiger partial charge in [0.1, 0.15) is 12.6 Å². The van der Waals surface area contributed by atoms with Crippen molar-refractivity contribution in [2.45, 2.75) is 32.2 Å². The van der Waals surface area contributed by atoms with Gasteiger partial charge in [-0.3, -0.25) is 4.79 Å². The third kappa shape index (κ3) is 3.20. The Labute approximate surface area is 117 Å². The topological polar surface area (TPSA) is 90.0 Å². The molecule has 2 aliphatic heterocycles. The molecule has 0 radical (unpaired) electrons. The molecule has 2 fully saturated rings. The first-order chi connectivity index (χ1) is 9.49. The second-order valence-electron chi connectivity index (χ2n) is 5.58. The van der Waals surface area contributed by atoms with Crippen LogP contribution in [0.1, 0.15) is 26.2 Å². The monoisotopic (exact) mass is 283 g/mol. The summed E-state index contributed by atoms with van der Waals surface area (Å²) in [5.41, 5.74) is 0. The van der Waals surface area contributed by atoms with Gasteiger partial charge in [0.05, 0.1) is 0 Å². The largest absolute Gasteiger partial charge is 0.480 e. The van der Waals surface area contributed by atoms with E-state index >= 15 is 0 Å². The molecule has 0 spiro atoms. The van der Waals surface area contributed by atoms with E-state index in [1.807, 2.05) is 6.92 Å². The zero-order valence-electron chi connectivity index (χ0n) is 11.7. The van der Waals surface area contributed by atoms with Crippen molar-refractivity contribution in [3.05, 3.63) is 0 Å². The van der Waals surface area contributed by atoms with Crippen molar-refractivity contribution in [2.75, 3.05) is 26.2 Å². The number of carbonyl (C=O) groups excluding carboxylic acids is 2. The standard InChI is InChI=1S/C13H21N3O4/c1-9-3-6-16(10(7-9)12(18)19)13(20)15-5-2-4-14-11(17)8-15/h9-10H,2-8H2,1H3,(H,14,17)(H,18,19). The Morgan fingerprint density at radius 1 is 1.35 bits per heavy atom. The number of likely N-dealkylation sites (tertiary alicyclic amines) is 1. The molecule has 0 aromatic heterocycles. The Balaban J connectivity index is 2.09. The van der Waals surface area contributed by atoms with Crippen LogP contribution in [0.3, 0.4) is 0 Å². The summed E-state index contributed by atoms with van der Waals surface area (Å²) in [6.45, 7) is 3.49. The first kappa shape index (κ1) is 14.6. The first-order valence-electron chi connectivity index (χ1n) is 7.04. The van der Waals surface area contributed by atoms with Crippen molar-refractivity contribution in [3.8, 4) is 0 Å². The molecule has 7 heteroatoms. The maximum absolute atomic E-state index is 12.5. The molecule has 0 bridgehead atoms. The molecule has 3 amide bonds. The molecular weight excluding hydrogens is 262 g/mol. The highest BCUT2D eigenvalue weighted by Gasteiger charge is 2.37. The molecule has 0 aliphatic carbocycles. The van der Waals surface area contributed by atoms with Gasteiger partial charge in [0.25, 0.3) is 0 Å². The average Bonchev–Trinajstić information content (AvgIpc) is 2.62. The van der Waals surface area contributed by atoms with Gasteiger partial charge in [0.2, 0.25) is 5.91 Å². The number of piperidine rings is 1. The van der Waals surface area contributed by atoms with Gasteiger partial charge < -0.3 is 20.2 Å². The Morgan fingerprint density at radius 2 is 2.10 bits per heavy atom. The molecule has 20 heavy (non-hydrogen) atoms. The van der Waals surface area contributed by atoms with E-state index in [2.05, 4.69) is 5.32 Å². The van der Waals surface area contributed by atoms with Crippen molar-refractivity contribution in [3.63, 3.8) is 0 Å². The molecule has 2 aliphatic rings. The lowest BCUT2D eigenvalue weighted by atomic mass is 9.92. The SMILES string of the molecule is CC1CCN(C(=O)N2CCCNC(=O)C2)C(C(=O)O)C1. The zero-order valence-corrected chi connectivity index (χ0v) is 11.7. The third-order valence-corrected chi connectivity index (χ3v) is 3.93. The van der Waals surface area contributed by atoms with Crippen LogP contribution in [0.15, 0.2) is 0 Å². The van der Waals surface area contributed by atoms with Crippen LogP contribution in [0.2, 0.25) is 0 Å². The van der Waals surface area contributed by atoms with Gasteiger partial charge in [0.15, 0.2) is 0 Å². The fraction of sp³-hybridized carbons (Fsp3) is 0.769. The quantitative estimate of drug-likeness (QED) is 0.715. The fourth-order valence-corrected chi connectivity index (χ4v) is 2.76. The summed E-state index contributed by atoms with van der Waals surface area (Å²) in [5, 5.41) is 12.0. The van der Waals surface area contributed by atoms with Crippen LogP contribution in [0.25, 0.3) is 0 Å². The fourth-order valence-electron chi connectivity index (χ4n) is 2.76. The number of hydrogen-bond donors (Lipinski definition) is 2. The van der Waals surface area contributed by atoms with Gasteiger partial charge in [-0.1, -0.05) is 6.92 Å². The predicted octanol–water partition coefficient (Wildman–Crippen LogP) is 0.113. The predicted molar refractivity (Wildman–Crippen MR) is 71.1 cm³/mol. The lowest BCUT2D eigenvalue weighted by Crippen LogP contribution is -2.55. The van der Waals surface area contributed by atoms with E-state index in [9.17, 15) is 19.5 Å². The molecule has 2 rings (SSSR count). The number of hydrogen-bond acceptors (Lipinski definition) is 3. The molecule has 0 aromatic carbocycles. The summed E-state index contributed by atoms with van der Waals surface area (Å²) in [6, 6.07) is -1.11. The van der Waals surface area contributed by atoms with Gasteiger partial charge >= 0.3 is 12.0 Å². The third-order valence-electron chi connectivity index (χ3n) is 3.93. The molecule has 2 atom stereocenters. The van der Waals surface area contributed by atoms with E-state index in [0.717, 1.165) is 6.42 Å². The van der Waals surface area contributed by atoms with Crippen LogP contribution >= 0.6 is 0 Å². The Kier molecular flexibility index (Phi) is 4.46. The number of nitrogens with zero attached hydrogens (tertiary/aromatic N) is 2. The van der Waals surface area contributed by atoms with E-state index in [0.29, 0.717) is 38.4 Å². The Hall–Kier alpha value is -1.79. The maximum Gasteiger partial charge on any atom is 0.326 e. The minimum atomic E-state index is -0.968. The second-order valence-corrected chi connectivity index (χ2v) is 5.58. The lowest BCUT2D eigenvalue weighted by molar-refractivity contribution is -0.144. The minimum absolute atomic E-state index is 0.0111. The van der Waals surface area contributed by atoms with Crippen molar-refractivity contribution in [2.24, 2.45) is 5.92 Å². The van der Waals surface area contributed by atoms with Gasteiger partial charge in [-0.25, -0.2) is 9.59 Å². The van der Waals surface area contributed by atoms with Crippen molar-refractivity contribution >= 4 is 17.9 Å². The van der Waals surface area contributed by atoms with Crippen LogP contribution in [-0.4, -0.2) is 65.0 Å². The molecule has 0 saturated carbocycles. The molecule has 2 saturated heterocycles. The van der Waals surface area contributed by atoms with Gasteiger partial charge in [-0.15, -0.1) is 0 Å². The average molecular weight is 283 g/mol. The summed E-state index contributed by atoms with van der Waals surface area (Å²) in [4.78, 5) is 38.2. The summed E-state index contributed by atoms with van der Waals surface area (Å²) < 4.78 is 0. The smallest absolute Gasteiger partial charge is 0.326 e. The van der Waals surface area contributed by atoms with Gasteiger partial charge in [0, 0.05) is 19.6 Å². The highest BCUT2D eigenvalue weighted by atomic mass is 16.4. The zero-order chi connectivity index (χ0) is 14.7. The van der Waals surface area contributed by atoms with Crippen LogP contribution < -0.4 is 5.32 Å². The molecular formula is C13H21N3O4. The van der Waals surface area contributed by atoms with Gasteiger partial charge in [-0.05, 0) is 25.2 Å². The van der Waals surface area contributed by atoms with Crippen molar-refractivity contribution < 1.29 is 19.5 Å². The second kappa shape index (κ2) is 6.11. The van der Waals surface area contributed by atoms with E-state index in [4.69, 9.17) is 0 Å².